The van der Waals surface area contributed by atoms with Gasteiger partial charge in [0.2, 0.25) is 0 Å². The van der Waals surface area contributed by atoms with Crippen LogP contribution in [0.3, 0.4) is 0 Å². The summed E-state index contributed by atoms with van der Waals surface area (Å²) in [5.74, 6) is 1.04. The molecule has 2 atom stereocenters. The van der Waals surface area contributed by atoms with E-state index in [1.54, 1.807) is 34.1 Å². The first-order chi connectivity index (χ1) is 20.1. The molecule has 0 radical (unpaired) electrons. The first-order valence-electron chi connectivity index (χ1n) is 14.8. The van der Waals surface area contributed by atoms with E-state index in [1.807, 2.05) is 53.7 Å². The number of aliphatic hydroxyl groups is 1. The van der Waals surface area contributed by atoms with E-state index in [0.717, 1.165) is 11.1 Å². The minimum Gasteiger partial charge on any atom is -0.444 e. The van der Waals surface area contributed by atoms with Gasteiger partial charge in [0.25, 0.3) is 0 Å². The lowest BCUT2D eigenvalue weighted by Gasteiger charge is -2.36. The summed E-state index contributed by atoms with van der Waals surface area (Å²) < 4.78 is 12.9. The zero-order valence-corrected chi connectivity index (χ0v) is 26.5. The predicted molar refractivity (Wildman–Crippen MR) is 164 cm³/mol. The molecule has 3 aromatic rings. The molecular weight excluding hydrogens is 550 g/mol. The fourth-order valence-electron chi connectivity index (χ4n) is 4.83. The zero-order chi connectivity index (χ0) is 31.5. The Labute approximate surface area is 253 Å². The lowest BCUT2D eigenvalue weighted by atomic mass is 9.94. The molecule has 1 saturated heterocycles. The molecule has 1 aliphatic heterocycles. The monoisotopic (exact) mass is 595 g/mol. The van der Waals surface area contributed by atoms with E-state index in [1.165, 1.54) is 4.90 Å². The van der Waals surface area contributed by atoms with Crippen LogP contribution in [-0.2, 0) is 16.0 Å². The molecule has 12 heteroatoms. The number of rotatable bonds is 7. The molecule has 3 aromatic heterocycles. The van der Waals surface area contributed by atoms with Gasteiger partial charge >= 0.3 is 12.2 Å². The molecule has 0 aliphatic carbocycles. The molecule has 4 heterocycles. The molecule has 12 nitrogen and oxygen atoms in total. The average molecular weight is 596 g/mol. The van der Waals surface area contributed by atoms with E-state index in [2.05, 4.69) is 29.2 Å². The highest BCUT2D eigenvalue weighted by atomic mass is 16.6. The number of β-amino-alcohol motifs (C(OH)–C–C–N with tert-alkyl or cyclic N) is 1. The van der Waals surface area contributed by atoms with Crippen LogP contribution in [-0.4, -0.2) is 78.7 Å². The first-order valence-corrected chi connectivity index (χ1v) is 14.8. The maximum absolute atomic E-state index is 13.6. The van der Waals surface area contributed by atoms with Crippen molar-refractivity contribution in [3.8, 4) is 0 Å². The third-order valence-electron chi connectivity index (χ3n) is 6.97. The summed E-state index contributed by atoms with van der Waals surface area (Å²) in [5, 5.41) is 18.9. The number of aromatic nitrogens is 4. The number of fused-ring (bicyclic) bond motifs is 1. The van der Waals surface area contributed by atoms with Crippen molar-refractivity contribution >= 4 is 29.5 Å². The van der Waals surface area contributed by atoms with Crippen LogP contribution in [0.25, 0.3) is 5.65 Å². The molecule has 43 heavy (non-hydrogen) atoms. The molecule has 0 bridgehead atoms. The van der Waals surface area contributed by atoms with E-state index in [-0.39, 0.29) is 24.9 Å². The van der Waals surface area contributed by atoms with E-state index in [4.69, 9.17) is 14.5 Å². The number of nitrogens with zero attached hydrogens (tertiary/aromatic N) is 6. The van der Waals surface area contributed by atoms with Crippen LogP contribution in [0.4, 0.5) is 21.2 Å². The van der Waals surface area contributed by atoms with Crippen LogP contribution in [0.5, 0.6) is 0 Å². The first kappa shape index (κ1) is 32.0. The van der Waals surface area contributed by atoms with Crippen LogP contribution in [0.15, 0.2) is 36.8 Å². The summed E-state index contributed by atoms with van der Waals surface area (Å²) in [6.45, 7) is 16.4. The van der Waals surface area contributed by atoms with E-state index in [9.17, 15) is 14.7 Å². The number of hydrogen-bond donors (Lipinski definition) is 2. The number of anilines is 2. The lowest BCUT2D eigenvalue weighted by molar-refractivity contribution is -0.0104. The number of aliphatic hydroxyl groups excluding tert-OH is 1. The second-order valence-corrected chi connectivity index (χ2v) is 13.3. The normalized spacial score (nSPS) is 17.7. The van der Waals surface area contributed by atoms with E-state index < -0.39 is 29.5 Å². The van der Waals surface area contributed by atoms with Gasteiger partial charge in [0.15, 0.2) is 5.65 Å². The van der Waals surface area contributed by atoms with Gasteiger partial charge in [-0.2, -0.15) is 9.61 Å². The lowest BCUT2D eigenvalue weighted by Crippen LogP contribution is -2.49. The van der Waals surface area contributed by atoms with Crippen molar-refractivity contribution < 1.29 is 24.2 Å². The van der Waals surface area contributed by atoms with Gasteiger partial charge in [-0.25, -0.2) is 14.6 Å². The van der Waals surface area contributed by atoms with E-state index >= 15 is 0 Å². The van der Waals surface area contributed by atoms with Crippen molar-refractivity contribution in [1.82, 2.24) is 24.5 Å². The van der Waals surface area contributed by atoms with Gasteiger partial charge in [0.1, 0.15) is 22.8 Å². The zero-order valence-electron chi connectivity index (χ0n) is 26.5. The summed E-state index contributed by atoms with van der Waals surface area (Å²) >= 11 is 0. The molecule has 2 amide bonds. The molecular formula is C31H45N7O5. The second kappa shape index (κ2) is 12.7. The molecule has 0 spiro atoms. The third-order valence-corrected chi connectivity index (χ3v) is 6.97. The van der Waals surface area contributed by atoms with Gasteiger partial charge in [0, 0.05) is 43.0 Å². The minimum atomic E-state index is -0.734. The smallest absolute Gasteiger partial charge is 0.416 e. The summed E-state index contributed by atoms with van der Waals surface area (Å²) in [5.41, 5.74) is 1.06. The van der Waals surface area contributed by atoms with Crippen molar-refractivity contribution in [3.63, 3.8) is 0 Å². The maximum atomic E-state index is 13.6. The van der Waals surface area contributed by atoms with Crippen molar-refractivity contribution in [1.29, 1.82) is 0 Å². The Morgan fingerprint density at radius 2 is 1.86 bits per heavy atom. The van der Waals surface area contributed by atoms with Gasteiger partial charge in [-0.3, -0.25) is 9.88 Å². The van der Waals surface area contributed by atoms with Crippen LogP contribution in [0, 0.1) is 5.92 Å². The Morgan fingerprint density at radius 1 is 1.14 bits per heavy atom. The fourth-order valence-corrected chi connectivity index (χ4v) is 4.83. The van der Waals surface area contributed by atoms with Gasteiger partial charge in [-0.1, -0.05) is 19.9 Å². The number of likely N-dealkylation sites (tertiary alicyclic amines) is 1. The van der Waals surface area contributed by atoms with Gasteiger partial charge in [-0.05, 0) is 65.5 Å². The van der Waals surface area contributed by atoms with Crippen LogP contribution in [0.1, 0.15) is 78.9 Å². The van der Waals surface area contributed by atoms with Crippen LogP contribution < -0.4 is 10.2 Å². The molecule has 1 fully saturated rings. The quantitative estimate of drug-likeness (QED) is 0.377. The van der Waals surface area contributed by atoms with Crippen molar-refractivity contribution in [2.24, 2.45) is 5.92 Å². The fraction of sp³-hybridized carbons (Fsp3) is 0.581. The number of piperidine rings is 1. The van der Waals surface area contributed by atoms with Crippen LogP contribution in [0.2, 0.25) is 0 Å². The summed E-state index contributed by atoms with van der Waals surface area (Å²) in [6.07, 6.45) is 4.08. The SMILES string of the molecule is CC(C)c1cnn2c(N(Cc3cccnc3)C(=O)OC(C)(C)C)cc(NC[C@@H]3CCN(C(=O)OC(C)(C)C)C[C@@H]3O)nc12. The van der Waals surface area contributed by atoms with Crippen LogP contribution >= 0.6 is 0 Å². The molecule has 0 aromatic carbocycles. The van der Waals surface area contributed by atoms with E-state index in [0.29, 0.717) is 36.8 Å². The number of amides is 2. The van der Waals surface area contributed by atoms with Gasteiger partial charge in [-0.15, -0.1) is 0 Å². The highest BCUT2D eigenvalue weighted by Gasteiger charge is 2.33. The number of nitrogens with one attached hydrogen (secondary N) is 1. The topological polar surface area (TPSA) is 134 Å². The number of ether oxygens (including phenoxy) is 2. The predicted octanol–water partition coefficient (Wildman–Crippen LogP) is 5.22. The maximum Gasteiger partial charge on any atom is 0.416 e. The molecule has 0 unspecified atom stereocenters. The second-order valence-electron chi connectivity index (χ2n) is 13.3. The number of carbonyl (C=O) groups is 2. The summed E-state index contributed by atoms with van der Waals surface area (Å²) in [6, 6.07) is 5.49. The molecule has 234 valence electrons. The van der Waals surface area contributed by atoms with Crippen molar-refractivity contribution in [3.05, 3.63) is 47.9 Å². The standard InChI is InChI=1S/C31H45N7O5/c1-20(2)23-17-34-38-26(37(29(41)43-31(6,7)8)18-21-10-9-12-32-15-21)14-25(35-27(23)38)33-16-22-11-13-36(19-24(22)39)28(40)42-30(3,4)5/h9-10,12,14-15,17,20,22,24,39H,11,13,16,18-19H2,1-8H3,(H,33,35)/t22-,24-/m0/s1. The molecule has 0 saturated carbocycles. The highest BCUT2D eigenvalue weighted by molar-refractivity contribution is 5.88. The largest absolute Gasteiger partial charge is 0.444 e. The highest BCUT2D eigenvalue weighted by Crippen LogP contribution is 2.29. The number of pyridine rings is 1. The van der Waals surface area contributed by atoms with Gasteiger partial charge in [0.05, 0.1) is 25.4 Å². The van der Waals surface area contributed by atoms with Gasteiger partial charge < -0.3 is 24.8 Å². The van der Waals surface area contributed by atoms with Crippen molar-refractivity contribution in [2.45, 2.75) is 91.6 Å². The van der Waals surface area contributed by atoms with Crippen molar-refractivity contribution in [2.75, 3.05) is 29.9 Å². The summed E-state index contributed by atoms with van der Waals surface area (Å²) in [7, 11) is 0. The Balaban J connectivity index is 1.62. The molecule has 4 rings (SSSR count). The Morgan fingerprint density at radius 3 is 2.47 bits per heavy atom. The Kier molecular flexibility index (Phi) is 9.48. The minimum absolute atomic E-state index is 0.119. The molecule has 1 aliphatic rings. The third kappa shape index (κ3) is 8.34. The molecule has 2 N–H and O–H groups in total. The number of carbonyl (C=O) groups excluding carboxylic acids is 2. The Bertz CT molecular complexity index is 1410. The summed E-state index contributed by atoms with van der Waals surface area (Å²) in [4.78, 5) is 38.3. The number of hydrogen-bond acceptors (Lipinski definition) is 9. The Hall–Kier alpha value is -3.93. The average Bonchev–Trinajstić information content (AvgIpc) is 3.34.